The van der Waals surface area contributed by atoms with Crippen LogP contribution in [-0.4, -0.2) is 234 Å². The number of ketones is 1. The van der Waals surface area contributed by atoms with Crippen LogP contribution in [0.3, 0.4) is 0 Å². The second-order valence-corrected chi connectivity index (χ2v) is 27.2. The fourth-order valence-electron chi connectivity index (χ4n) is 12.3. The maximum Gasteiger partial charge on any atom is 0.407 e. The van der Waals surface area contributed by atoms with E-state index < -0.39 is 117 Å². The van der Waals surface area contributed by atoms with Gasteiger partial charge in [-0.1, -0.05) is 98.3 Å². The summed E-state index contributed by atoms with van der Waals surface area (Å²) in [5, 5.41) is 97.6. The first-order valence-corrected chi connectivity index (χ1v) is 36.6. The summed E-state index contributed by atoms with van der Waals surface area (Å²) in [7, 11) is 0. The van der Waals surface area contributed by atoms with Crippen LogP contribution < -0.4 is 16.0 Å². The molecule has 0 aliphatic carbocycles. The Labute approximate surface area is 576 Å². The number of rotatable bonds is 56. The van der Waals surface area contributed by atoms with Gasteiger partial charge in [-0.2, -0.15) is 0 Å². The number of hydrogen-bond acceptors (Lipinski definition) is 24. The summed E-state index contributed by atoms with van der Waals surface area (Å²) in [6, 6.07) is 0. The van der Waals surface area contributed by atoms with Crippen LogP contribution in [-0.2, 0) is 66.6 Å². The number of unbranched alkanes of at least 4 members (excludes halogenated alkanes) is 14. The van der Waals surface area contributed by atoms with E-state index in [1.807, 2.05) is 0 Å². The van der Waals surface area contributed by atoms with Crippen molar-refractivity contribution in [3.05, 3.63) is 0 Å². The van der Waals surface area contributed by atoms with Gasteiger partial charge in [0, 0.05) is 75.9 Å². The second kappa shape index (κ2) is 52.2. The number of alkyl carbamates (subject to hydrolysis) is 1. The van der Waals surface area contributed by atoms with E-state index in [2.05, 4.69) is 22.9 Å². The van der Waals surface area contributed by atoms with Crippen molar-refractivity contribution in [1.82, 2.24) is 16.0 Å². The molecular formula is C70H127N3O24. The molecule has 0 radical (unpaired) electrons. The summed E-state index contributed by atoms with van der Waals surface area (Å²) >= 11 is 0. The number of carbonyl (C=O) groups is 6. The van der Waals surface area contributed by atoms with Crippen molar-refractivity contribution in [1.29, 1.82) is 0 Å². The van der Waals surface area contributed by atoms with Crippen molar-refractivity contribution in [2.45, 2.75) is 307 Å². The highest BCUT2D eigenvalue weighted by Crippen LogP contribution is 2.36. The van der Waals surface area contributed by atoms with Crippen molar-refractivity contribution in [3.63, 3.8) is 0 Å². The summed E-state index contributed by atoms with van der Waals surface area (Å²) in [6.07, 6.45) is 10.1. The van der Waals surface area contributed by atoms with Gasteiger partial charge in [-0.25, -0.2) is 4.79 Å². The zero-order chi connectivity index (χ0) is 71.2. The molecule has 0 bridgehead atoms. The third kappa shape index (κ3) is 37.1. The average molecular weight is 1390 g/mol. The molecule has 3 heterocycles. The van der Waals surface area contributed by atoms with Gasteiger partial charge in [-0.05, 0) is 102 Å². The molecule has 12 N–H and O–H groups in total. The molecule has 0 aromatic carbocycles. The van der Waals surface area contributed by atoms with Crippen LogP contribution in [0.5, 0.6) is 0 Å². The average Bonchev–Trinajstić information content (AvgIpc) is 0.851. The topological polar surface area (TPSA) is 404 Å². The van der Waals surface area contributed by atoms with Crippen molar-refractivity contribution < 1.29 is 117 Å². The minimum atomic E-state index is -1.20. The van der Waals surface area contributed by atoms with Crippen molar-refractivity contribution in [2.24, 2.45) is 23.2 Å². The molecule has 566 valence electrons. The molecule has 15 atom stereocenters. The van der Waals surface area contributed by atoms with E-state index in [-0.39, 0.29) is 67.6 Å². The molecule has 3 saturated heterocycles. The SMILES string of the molecule is CC1C(OCCCC(=O)CCCCCCCNC(=O)OCCCCCC(C)(CCCOC(=O)CCCCCCCNC(=O)CCCOC2OC(CO)C(O)C(O)C2C)CCCOC(=O)CCCCCCCNC(=O)CCCOC2OC(CO)C(O)C(O)C2C)OC(CO)C(O)C1O. The first-order valence-electron chi connectivity index (χ1n) is 36.6. The lowest BCUT2D eigenvalue weighted by Crippen LogP contribution is -2.55. The van der Waals surface area contributed by atoms with Gasteiger partial charge < -0.3 is 105 Å². The maximum atomic E-state index is 12.7. The highest BCUT2D eigenvalue weighted by Gasteiger charge is 2.45. The number of carbonyl (C=O) groups excluding carboxylic acids is 6. The lowest BCUT2D eigenvalue weighted by Gasteiger charge is -2.40. The fraction of sp³-hybridized carbons (Fsp3) is 0.914. The first-order chi connectivity index (χ1) is 46.6. The number of esters is 2. The molecule has 0 spiro atoms. The van der Waals surface area contributed by atoms with Crippen molar-refractivity contribution in [2.75, 3.05) is 79.1 Å². The molecular weight excluding hydrogens is 1270 g/mol. The predicted octanol–water partition coefficient (Wildman–Crippen LogP) is 5.37. The Kier molecular flexibility index (Phi) is 47.1. The van der Waals surface area contributed by atoms with Gasteiger partial charge in [0.05, 0.1) is 77.8 Å². The number of aliphatic hydroxyl groups is 9. The van der Waals surface area contributed by atoms with Crippen molar-refractivity contribution in [3.8, 4) is 0 Å². The molecule has 0 saturated carbocycles. The molecule has 3 rings (SSSR count). The highest BCUT2D eigenvalue weighted by atomic mass is 16.7. The van der Waals surface area contributed by atoms with Gasteiger partial charge in [-0.3, -0.25) is 24.0 Å². The largest absolute Gasteiger partial charge is 0.466 e. The zero-order valence-electron chi connectivity index (χ0n) is 58.9. The van der Waals surface area contributed by atoms with E-state index in [0.29, 0.717) is 117 Å². The Balaban J connectivity index is 1.25. The summed E-state index contributed by atoms with van der Waals surface area (Å²) in [5.41, 5.74) is -0.101. The standard InChI is InChI=1S/C70H127N3O24/c1-49-60(82)63(85)53(46-74)95-66(49)91-41-23-29-52(77)28-15-8-5-13-21-39-73-69(88)94-40-22-14-18-34-70(4,35-26-44-89-58(80)32-16-9-6-11-19-37-71-56(78)30-24-42-92-67-50(2)61(83)64(86)54(47-75)96-67)36-27-45-90-59(81)33-17-10-7-12-20-38-72-57(79)31-25-43-93-68-51(3)62(84)65(87)55(48-76)97-68/h49-51,53-55,60-68,74-76,82-87H,5-48H2,1-4H3,(H,71,78)(H,72,79)(H,73,88). The quantitative estimate of drug-likeness (QED) is 0.0207. The number of amides is 3. The molecule has 3 aliphatic rings. The minimum absolute atomic E-state index is 0.0926. The number of aliphatic hydroxyl groups excluding tert-OH is 9. The van der Waals surface area contributed by atoms with Crippen LogP contribution in [0.25, 0.3) is 0 Å². The van der Waals surface area contributed by atoms with Crippen LogP contribution in [0, 0.1) is 23.2 Å². The predicted molar refractivity (Wildman–Crippen MR) is 357 cm³/mol. The Morgan fingerprint density at radius 3 is 1.07 bits per heavy atom. The van der Waals surface area contributed by atoms with Crippen LogP contribution in [0.4, 0.5) is 4.79 Å². The van der Waals surface area contributed by atoms with Crippen molar-refractivity contribution >= 4 is 35.6 Å². The third-order valence-electron chi connectivity index (χ3n) is 18.8. The van der Waals surface area contributed by atoms with E-state index in [9.17, 15) is 74.7 Å². The van der Waals surface area contributed by atoms with E-state index in [4.69, 9.17) is 42.6 Å². The number of nitrogens with one attached hydrogen (secondary N) is 3. The zero-order valence-corrected chi connectivity index (χ0v) is 58.9. The van der Waals surface area contributed by atoms with Crippen LogP contribution in [0.1, 0.15) is 233 Å². The van der Waals surface area contributed by atoms with Crippen LogP contribution in [0.15, 0.2) is 0 Å². The Morgan fingerprint density at radius 2 is 0.670 bits per heavy atom. The highest BCUT2D eigenvalue weighted by molar-refractivity contribution is 5.78. The van der Waals surface area contributed by atoms with E-state index >= 15 is 0 Å². The summed E-state index contributed by atoms with van der Waals surface area (Å²) in [6.45, 7) is 9.19. The molecule has 0 aromatic heterocycles. The number of ether oxygens (including phenoxy) is 9. The molecule has 3 aliphatic heterocycles. The van der Waals surface area contributed by atoms with E-state index in [1.165, 1.54) is 0 Å². The summed E-state index contributed by atoms with van der Waals surface area (Å²) < 4.78 is 50.5. The smallest absolute Gasteiger partial charge is 0.407 e. The molecule has 3 amide bonds. The summed E-state index contributed by atoms with van der Waals surface area (Å²) in [5.74, 6) is -1.96. The lowest BCUT2D eigenvalue weighted by molar-refractivity contribution is -0.282. The summed E-state index contributed by atoms with van der Waals surface area (Å²) in [4.78, 5) is 74.9. The van der Waals surface area contributed by atoms with Gasteiger partial charge >= 0.3 is 18.0 Å². The molecule has 3 fully saturated rings. The molecule has 0 aromatic rings. The normalized spacial score (nSPS) is 26.4. The van der Waals surface area contributed by atoms with Gasteiger partial charge in [0.1, 0.15) is 42.4 Å². The third-order valence-corrected chi connectivity index (χ3v) is 18.8. The van der Waals surface area contributed by atoms with Crippen LogP contribution in [0.2, 0.25) is 0 Å². The second-order valence-electron chi connectivity index (χ2n) is 27.2. The fourth-order valence-corrected chi connectivity index (χ4v) is 12.3. The Morgan fingerprint density at radius 1 is 0.351 bits per heavy atom. The molecule has 27 nitrogen and oxygen atoms in total. The number of Topliss-reactive ketones (excluding diaryl/α,β-unsaturated/α-hetero) is 1. The molecule has 15 unspecified atom stereocenters. The molecule has 97 heavy (non-hydrogen) atoms. The van der Waals surface area contributed by atoms with Gasteiger partial charge in [0.15, 0.2) is 18.9 Å². The van der Waals surface area contributed by atoms with E-state index in [1.54, 1.807) is 20.8 Å². The van der Waals surface area contributed by atoms with Gasteiger partial charge in [-0.15, -0.1) is 0 Å². The monoisotopic (exact) mass is 1390 g/mol. The van der Waals surface area contributed by atoms with Gasteiger partial charge in [0.25, 0.3) is 0 Å². The minimum Gasteiger partial charge on any atom is -0.466 e. The maximum absolute atomic E-state index is 12.7. The Hall–Kier alpha value is -3.78. The lowest BCUT2D eigenvalue weighted by atomic mass is 9.77. The Bertz CT molecular complexity index is 2020. The molecule has 27 heteroatoms. The number of hydrogen-bond donors (Lipinski definition) is 12. The first kappa shape index (κ1) is 87.4. The van der Waals surface area contributed by atoms with Crippen LogP contribution >= 0.6 is 0 Å². The van der Waals surface area contributed by atoms with E-state index in [0.717, 1.165) is 116 Å². The van der Waals surface area contributed by atoms with Gasteiger partial charge in [0.2, 0.25) is 11.8 Å².